The van der Waals surface area contributed by atoms with Crippen LogP contribution in [0.2, 0.25) is 10.0 Å². The Morgan fingerprint density at radius 3 is 2.30 bits per heavy atom. The minimum atomic E-state index is -1.20. The molecule has 1 fully saturated rings. The van der Waals surface area contributed by atoms with Gasteiger partial charge in [-0.25, -0.2) is 9.59 Å². The molecule has 4 aromatic carbocycles. The highest BCUT2D eigenvalue weighted by Gasteiger charge is 2.29. The maximum absolute atomic E-state index is 13.6. The summed E-state index contributed by atoms with van der Waals surface area (Å²) in [5.41, 5.74) is 5.21. The Bertz CT molecular complexity index is 1710. The van der Waals surface area contributed by atoms with Crippen LogP contribution in [0.1, 0.15) is 57.4 Å². The minimum absolute atomic E-state index is 0.00706. The SMILES string of the molecule is O=C(NCC(NC(=O)c1c(Cl)cc(N2CC[C@H](c3ccccc3)C2)cc1Cl)C(=O)OCc1ccccc1)N[C@@H]1CCc2ccccc21. The molecule has 10 heteroatoms. The van der Waals surface area contributed by atoms with Crippen LogP contribution >= 0.6 is 23.2 Å². The van der Waals surface area contributed by atoms with Gasteiger partial charge in [-0.05, 0) is 53.6 Å². The number of amides is 3. The van der Waals surface area contributed by atoms with Crippen molar-refractivity contribution in [2.24, 2.45) is 0 Å². The molecule has 0 spiro atoms. The molecule has 2 aliphatic rings. The van der Waals surface area contributed by atoms with Crippen molar-refractivity contribution in [3.05, 3.63) is 135 Å². The number of carbonyl (C=O) groups is 3. The van der Waals surface area contributed by atoms with E-state index in [-0.39, 0.29) is 34.8 Å². The number of ether oxygens (including phenoxy) is 1. The third kappa shape index (κ3) is 7.89. The van der Waals surface area contributed by atoms with Crippen LogP contribution in [0.25, 0.3) is 0 Å². The van der Waals surface area contributed by atoms with E-state index in [4.69, 9.17) is 27.9 Å². The second-order valence-corrected chi connectivity index (χ2v) is 12.7. The van der Waals surface area contributed by atoms with Crippen LogP contribution in [0.3, 0.4) is 0 Å². The van der Waals surface area contributed by atoms with Gasteiger partial charge in [0.15, 0.2) is 0 Å². The summed E-state index contributed by atoms with van der Waals surface area (Å²) in [4.78, 5) is 42.0. The minimum Gasteiger partial charge on any atom is -0.459 e. The number of nitrogens with zero attached hydrogens (tertiary/aromatic N) is 1. The van der Waals surface area contributed by atoms with Gasteiger partial charge in [0.2, 0.25) is 0 Å². The number of fused-ring (bicyclic) bond motifs is 1. The Hall–Kier alpha value is -4.53. The van der Waals surface area contributed by atoms with E-state index in [1.807, 2.05) is 66.7 Å². The number of aryl methyl sites for hydroxylation is 1. The number of nitrogens with one attached hydrogen (secondary N) is 3. The van der Waals surface area contributed by atoms with E-state index in [1.54, 1.807) is 12.1 Å². The van der Waals surface area contributed by atoms with Crippen LogP contribution in [-0.4, -0.2) is 43.6 Å². The monoisotopic (exact) mass is 670 g/mol. The Kier molecular flexibility index (Phi) is 10.3. The van der Waals surface area contributed by atoms with Crippen molar-refractivity contribution in [1.29, 1.82) is 0 Å². The molecule has 1 aliphatic heterocycles. The Morgan fingerprint density at radius 2 is 1.55 bits per heavy atom. The molecule has 4 aromatic rings. The Morgan fingerprint density at radius 1 is 0.872 bits per heavy atom. The first kappa shape index (κ1) is 32.4. The standard InChI is InChI=1S/C37H36Cl2N4O4/c38-30-19-28(43-18-17-27(22-43)25-11-5-2-6-12-25)20-31(39)34(30)35(44)41-33(36(45)47-23-24-9-3-1-4-10-24)21-40-37(46)42-32-16-15-26-13-7-8-14-29(26)32/h1-14,19-20,27,32-33H,15-18,21-23H2,(H,41,44)(H2,40,42,46)/t27-,32+,33?/m0/s1. The lowest BCUT2D eigenvalue weighted by Gasteiger charge is -2.22. The topological polar surface area (TPSA) is 99.8 Å². The molecule has 1 saturated heterocycles. The van der Waals surface area contributed by atoms with Crippen LogP contribution in [-0.2, 0) is 22.6 Å². The molecule has 242 valence electrons. The van der Waals surface area contributed by atoms with E-state index in [1.165, 1.54) is 11.1 Å². The fourth-order valence-corrected chi connectivity index (χ4v) is 6.96. The molecule has 1 aliphatic carbocycles. The van der Waals surface area contributed by atoms with E-state index in [2.05, 4.69) is 39.0 Å². The maximum atomic E-state index is 13.6. The summed E-state index contributed by atoms with van der Waals surface area (Å²) in [6.45, 7) is 1.43. The summed E-state index contributed by atoms with van der Waals surface area (Å²) in [5, 5.41) is 8.73. The van der Waals surface area contributed by atoms with Gasteiger partial charge in [-0.15, -0.1) is 0 Å². The fraction of sp³-hybridized carbons (Fsp3) is 0.270. The fourth-order valence-electron chi connectivity index (χ4n) is 6.32. The average Bonchev–Trinajstić information content (AvgIpc) is 3.74. The molecule has 0 radical (unpaired) electrons. The summed E-state index contributed by atoms with van der Waals surface area (Å²) < 4.78 is 5.53. The molecule has 0 saturated carbocycles. The average molecular weight is 672 g/mol. The first-order valence-corrected chi connectivity index (χ1v) is 16.5. The highest BCUT2D eigenvalue weighted by Crippen LogP contribution is 2.36. The summed E-state index contributed by atoms with van der Waals surface area (Å²) in [6.07, 6.45) is 2.64. The van der Waals surface area contributed by atoms with E-state index >= 15 is 0 Å². The number of esters is 1. The van der Waals surface area contributed by atoms with Gasteiger partial charge in [0.25, 0.3) is 5.91 Å². The predicted octanol–water partition coefficient (Wildman–Crippen LogP) is 6.82. The zero-order valence-corrected chi connectivity index (χ0v) is 27.3. The van der Waals surface area contributed by atoms with E-state index in [0.717, 1.165) is 49.2 Å². The third-order valence-corrected chi connectivity index (χ3v) is 9.39. The quantitative estimate of drug-likeness (QED) is 0.161. The van der Waals surface area contributed by atoms with Crippen LogP contribution in [0, 0.1) is 0 Å². The zero-order chi connectivity index (χ0) is 32.8. The lowest BCUT2D eigenvalue weighted by molar-refractivity contribution is -0.147. The van der Waals surface area contributed by atoms with Crippen molar-refractivity contribution in [2.45, 2.75) is 43.9 Å². The molecule has 1 heterocycles. The molecule has 0 bridgehead atoms. The van der Waals surface area contributed by atoms with Crippen molar-refractivity contribution >= 4 is 46.8 Å². The van der Waals surface area contributed by atoms with E-state index < -0.39 is 23.9 Å². The van der Waals surface area contributed by atoms with Crippen LogP contribution in [0.5, 0.6) is 0 Å². The van der Waals surface area contributed by atoms with Gasteiger partial charge in [0.1, 0.15) is 12.6 Å². The van der Waals surface area contributed by atoms with Gasteiger partial charge in [0.05, 0.1) is 28.2 Å². The number of halogens is 2. The highest BCUT2D eigenvalue weighted by molar-refractivity contribution is 6.40. The van der Waals surface area contributed by atoms with Gasteiger partial charge in [-0.3, -0.25) is 4.79 Å². The lowest BCUT2D eigenvalue weighted by Crippen LogP contribution is -2.51. The van der Waals surface area contributed by atoms with Gasteiger partial charge in [0, 0.05) is 24.7 Å². The van der Waals surface area contributed by atoms with Gasteiger partial charge >= 0.3 is 12.0 Å². The predicted molar refractivity (Wildman–Crippen MR) is 184 cm³/mol. The molecule has 6 rings (SSSR count). The molecule has 3 amide bonds. The molecule has 1 unspecified atom stereocenters. The largest absolute Gasteiger partial charge is 0.459 e. The first-order valence-electron chi connectivity index (χ1n) is 15.8. The van der Waals surface area contributed by atoms with Crippen LogP contribution in [0.4, 0.5) is 10.5 Å². The van der Waals surface area contributed by atoms with Crippen molar-refractivity contribution in [3.8, 4) is 0 Å². The summed E-state index contributed by atoms with van der Waals surface area (Å²) >= 11 is 13.3. The van der Waals surface area contributed by atoms with E-state index in [0.29, 0.717) is 5.92 Å². The second kappa shape index (κ2) is 14.9. The van der Waals surface area contributed by atoms with Gasteiger partial charge < -0.3 is 25.6 Å². The summed E-state index contributed by atoms with van der Waals surface area (Å²) in [5.74, 6) is -0.974. The Balaban J connectivity index is 1.13. The zero-order valence-electron chi connectivity index (χ0n) is 25.8. The molecule has 3 N–H and O–H groups in total. The van der Waals surface area contributed by atoms with Crippen molar-refractivity contribution in [1.82, 2.24) is 16.0 Å². The van der Waals surface area contributed by atoms with Crippen molar-refractivity contribution in [2.75, 3.05) is 24.5 Å². The van der Waals surface area contributed by atoms with Crippen LogP contribution in [0.15, 0.2) is 97.1 Å². The number of anilines is 1. The van der Waals surface area contributed by atoms with Gasteiger partial charge in [-0.1, -0.05) is 108 Å². The van der Waals surface area contributed by atoms with Crippen molar-refractivity contribution in [3.63, 3.8) is 0 Å². The van der Waals surface area contributed by atoms with Crippen molar-refractivity contribution < 1.29 is 19.1 Å². The van der Waals surface area contributed by atoms with Gasteiger partial charge in [-0.2, -0.15) is 0 Å². The van der Waals surface area contributed by atoms with Crippen LogP contribution < -0.4 is 20.9 Å². The molecular weight excluding hydrogens is 635 g/mol. The molecule has 8 nitrogen and oxygen atoms in total. The first-order chi connectivity index (χ1) is 22.9. The number of hydrogen-bond donors (Lipinski definition) is 3. The Labute approximate surface area is 284 Å². The number of carbonyl (C=O) groups excluding carboxylic acids is 3. The lowest BCUT2D eigenvalue weighted by atomic mass is 9.99. The number of urea groups is 1. The van der Waals surface area contributed by atoms with E-state index in [9.17, 15) is 14.4 Å². The highest BCUT2D eigenvalue weighted by atomic mass is 35.5. The molecular formula is C37H36Cl2N4O4. The number of hydrogen-bond acceptors (Lipinski definition) is 5. The molecule has 47 heavy (non-hydrogen) atoms. The maximum Gasteiger partial charge on any atom is 0.330 e. The smallest absolute Gasteiger partial charge is 0.330 e. The normalized spacial score (nSPS) is 17.4. The second-order valence-electron chi connectivity index (χ2n) is 11.9. The molecule has 0 aromatic heterocycles. The third-order valence-electron chi connectivity index (χ3n) is 8.80. The summed E-state index contributed by atoms with van der Waals surface area (Å²) in [7, 11) is 0. The number of benzene rings is 4. The number of rotatable bonds is 10. The molecule has 3 atom stereocenters. The summed E-state index contributed by atoms with van der Waals surface area (Å²) in [6, 6.07) is 29.2.